The van der Waals surface area contributed by atoms with Crippen LogP contribution in [-0.2, 0) is 0 Å². The molecule has 0 aliphatic carbocycles. The van der Waals surface area contributed by atoms with E-state index in [4.69, 9.17) is 0 Å². The zero-order chi connectivity index (χ0) is 14.1. The molecule has 0 saturated carbocycles. The summed E-state index contributed by atoms with van der Waals surface area (Å²) in [5.41, 5.74) is 0.769. The summed E-state index contributed by atoms with van der Waals surface area (Å²) in [5.74, 6) is -0.132. The molecule has 0 saturated heterocycles. The summed E-state index contributed by atoms with van der Waals surface area (Å²) in [6, 6.07) is 5.63. The van der Waals surface area contributed by atoms with Crippen LogP contribution in [-0.4, -0.2) is 7.05 Å². The van der Waals surface area contributed by atoms with E-state index in [1.807, 2.05) is 19.2 Å². The van der Waals surface area contributed by atoms with Crippen molar-refractivity contribution < 1.29 is 4.39 Å². The number of hydrogen-bond donors (Lipinski definition) is 1. The summed E-state index contributed by atoms with van der Waals surface area (Å²) in [6.07, 6.45) is 8.63. The average Bonchev–Trinajstić information content (AvgIpc) is 2.42. The molecule has 108 valence electrons. The molecule has 0 spiro atoms. The standard InChI is InChI=1S/C16H25BrFN/c1-3-4-5-6-7-8-12-15(19-2)13-10-9-11-14(17)16(13)18/h9-11,15,19H,3-8,12H2,1-2H3. The Morgan fingerprint density at radius 2 is 1.84 bits per heavy atom. The van der Waals surface area contributed by atoms with Crippen LogP contribution < -0.4 is 5.32 Å². The fourth-order valence-corrected chi connectivity index (χ4v) is 2.76. The Balaban J connectivity index is 2.43. The molecule has 19 heavy (non-hydrogen) atoms. The maximum absolute atomic E-state index is 14.0. The molecule has 0 fully saturated rings. The lowest BCUT2D eigenvalue weighted by Gasteiger charge is -2.17. The second-order valence-corrected chi connectivity index (χ2v) is 5.90. The van der Waals surface area contributed by atoms with Gasteiger partial charge in [0.2, 0.25) is 0 Å². The Hall–Kier alpha value is -0.410. The third-order valence-corrected chi connectivity index (χ3v) is 4.16. The first-order chi connectivity index (χ1) is 9.20. The van der Waals surface area contributed by atoms with Crippen molar-refractivity contribution in [1.29, 1.82) is 0 Å². The van der Waals surface area contributed by atoms with Crippen molar-refractivity contribution in [3.05, 3.63) is 34.1 Å². The Labute approximate surface area is 125 Å². The first-order valence-electron chi connectivity index (χ1n) is 7.31. The highest BCUT2D eigenvalue weighted by Crippen LogP contribution is 2.27. The number of nitrogens with one attached hydrogen (secondary N) is 1. The van der Waals surface area contributed by atoms with Crippen LogP contribution in [0.2, 0.25) is 0 Å². The zero-order valence-electron chi connectivity index (χ0n) is 12.0. The molecule has 3 heteroatoms. The van der Waals surface area contributed by atoms with Gasteiger partial charge in [-0.1, -0.05) is 57.6 Å². The maximum atomic E-state index is 14.0. The van der Waals surface area contributed by atoms with Gasteiger partial charge >= 0.3 is 0 Å². The van der Waals surface area contributed by atoms with E-state index in [1.165, 1.54) is 32.1 Å². The first kappa shape index (κ1) is 16.6. The summed E-state index contributed by atoms with van der Waals surface area (Å²) in [6.45, 7) is 2.23. The van der Waals surface area contributed by atoms with Gasteiger partial charge in [0.15, 0.2) is 0 Å². The third kappa shape index (κ3) is 5.62. The lowest BCUT2D eigenvalue weighted by atomic mass is 9.99. The minimum absolute atomic E-state index is 0.115. The number of halogens is 2. The highest BCUT2D eigenvalue weighted by molar-refractivity contribution is 9.10. The van der Waals surface area contributed by atoms with Gasteiger partial charge in [-0.25, -0.2) is 4.39 Å². The zero-order valence-corrected chi connectivity index (χ0v) is 13.6. The van der Waals surface area contributed by atoms with Crippen molar-refractivity contribution in [1.82, 2.24) is 5.32 Å². The van der Waals surface area contributed by atoms with Crippen LogP contribution in [0.1, 0.15) is 63.5 Å². The highest BCUT2D eigenvalue weighted by Gasteiger charge is 2.15. The molecule has 0 radical (unpaired) electrons. The van der Waals surface area contributed by atoms with Gasteiger partial charge in [0.1, 0.15) is 5.82 Å². The summed E-state index contributed by atoms with van der Waals surface area (Å²) in [5, 5.41) is 3.23. The fraction of sp³-hybridized carbons (Fsp3) is 0.625. The Morgan fingerprint density at radius 1 is 1.16 bits per heavy atom. The van der Waals surface area contributed by atoms with E-state index in [0.717, 1.165) is 18.4 Å². The van der Waals surface area contributed by atoms with Gasteiger partial charge in [-0.05, 0) is 35.5 Å². The van der Waals surface area contributed by atoms with Gasteiger partial charge < -0.3 is 5.32 Å². The second kappa shape index (κ2) is 9.49. The monoisotopic (exact) mass is 329 g/mol. The summed E-state index contributed by atoms with van der Waals surface area (Å²) in [7, 11) is 1.90. The normalized spacial score (nSPS) is 12.6. The molecule has 1 unspecified atom stereocenters. The van der Waals surface area contributed by atoms with E-state index in [2.05, 4.69) is 28.2 Å². The average molecular weight is 330 g/mol. The van der Waals surface area contributed by atoms with Crippen LogP contribution in [0, 0.1) is 5.82 Å². The van der Waals surface area contributed by atoms with E-state index in [9.17, 15) is 4.39 Å². The van der Waals surface area contributed by atoms with Gasteiger partial charge in [0, 0.05) is 11.6 Å². The second-order valence-electron chi connectivity index (χ2n) is 5.04. The molecule has 1 rings (SSSR count). The van der Waals surface area contributed by atoms with Crippen LogP contribution in [0.25, 0.3) is 0 Å². The van der Waals surface area contributed by atoms with Gasteiger partial charge in [-0.15, -0.1) is 0 Å². The predicted molar refractivity (Wildman–Crippen MR) is 83.9 cm³/mol. The van der Waals surface area contributed by atoms with E-state index < -0.39 is 0 Å². The molecule has 1 nitrogen and oxygen atoms in total. The Morgan fingerprint density at radius 3 is 2.53 bits per heavy atom. The van der Waals surface area contributed by atoms with Crippen molar-refractivity contribution in [2.24, 2.45) is 0 Å². The molecule has 0 bridgehead atoms. The van der Waals surface area contributed by atoms with Crippen LogP contribution in [0.15, 0.2) is 22.7 Å². The van der Waals surface area contributed by atoms with Crippen LogP contribution in [0.5, 0.6) is 0 Å². The number of unbranched alkanes of at least 4 members (excludes halogenated alkanes) is 5. The smallest absolute Gasteiger partial charge is 0.142 e. The van der Waals surface area contributed by atoms with Gasteiger partial charge in [-0.3, -0.25) is 0 Å². The first-order valence-corrected chi connectivity index (χ1v) is 8.11. The van der Waals surface area contributed by atoms with Crippen LogP contribution in [0.4, 0.5) is 4.39 Å². The quantitative estimate of drug-likeness (QED) is 0.581. The molecule has 0 aromatic heterocycles. The summed E-state index contributed by atoms with van der Waals surface area (Å²) in [4.78, 5) is 0. The van der Waals surface area contributed by atoms with E-state index >= 15 is 0 Å². The molecule has 0 aliphatic rings. The number of rotatable bonds is 9. The number of benzene rings is 1. The topological polar surface area (TPSA) is 12.0 Å². The molecule has 1 N–H and O–H groups in total. The van der Waals surface area contributed by atoms with E-state index in [1.54, 1.807) is 6.07 Å². The fourth-order valence-electron chi connectivity index (χ4n) is 2.37. The maximum Gasteiger partial charge on any atom is 0.142 e. The molecule has 1 atom stereocenters. The van der Waals surface area contributed by atoms with Gasteiger partial charge in [-0.2, -0.15) is 0 Å². The molecule has 0 amide bonds. The lowest BCUT2D eigenvalue weighted by molar-refractivity contribution is 0.475. The van der Waals surface area contributed by atoms with Gasteiger partial charge in [0.25, 0.3) is 0 Å². The minimum Gasteiger partial charge on any atom is -0.313 e. The highest BCUT2D eigenvalue weighted by atomic mass is 79.9. The van der Waals surface area contributed by atoms with Crippen molar-refractivity contribution in [3.63, 3.8) is 0 Å². The Bertz CT molecular complexity index is 368. The SMILES string of the molecule is CCCCCCCCC(NC)c1cccc(Br)c1F. The molecule has 0 heterocycles. The Kier molecular flexibility index (Phi) is 8.31. The molecule has 1 aromatic carbocycles. The predicted octanol–water partition coefficient (Wildman–Crippen LogP) is 5.60. The van der Waals surface area contributed by atoms with Crippen LogP contribution >= 0.6 is 15.9 Å². The van der Waals surface area contributed by atoms with Crippen LogP contribution in [0.3, 0.4) is 0 Å². The van der Waals surface area contributed by atoms with Crippen molar-refractivity contribution >= 4 is 15.9 Å². The lowest BCUT2D eigenvalue weighted by Crippen LogP contribution is -2.17. The van der Waals surface area contributed by atoms with Crippen molar-refractivity contribution in [2.75, 3.05) is 7.05 Å². The van der Waals surface area contributed by atoms with E-state index in [-0.39, 0.29) is 11.9 Å². The molecular weight excluding hydrogens is 305 g/mol. The molecule has 1 aromatic rings. The molecular formula is C16H25BrFN. The van der Waals surface area contributed by atoms with Crippen molar-refractivity contribution in [2.45, 2.75) is 57.9 Å². The largest absolute Gasteiger partial charge is 0.313 e. The summed E-state index contributed by atoms with van der Waals surface area (Å²) < 4.78 is 14.6. The third-order valence-electron chi connectivity index (χ3n) is 3.55. The number of hydrogen-bond acceptors (Lipinski definition) is 1. The van der Waals surface area contributed by atoms with Crippen molar-refractivity contribution in [3.8, 4) is 0 Å². The summed E-state index contributed by atoms with van der Waals surface area (Å²) >= 11 is 3.25. The van der Waals surface area contributed by atoms with E-state index in [0.29, 0.717) is 4.47 Å². The molecule has 0 aliphatic heterocycles. The van der Waals surface area contributed by atoms with Gasteiger partial charge in [0.05, 0.1) is 4.47 Å². The minimum atomic E-state index is -0.132.